The molecular formula is C11H13Cl3N2O. The second-order valence-electron chi connectivity index (χ2n) is 3.92. The van der Waals surface area contributed by atoms with Crippen molar-refractivity contribution in [2.24, 2.45) is 5.73 Å². The summed E-state index contributed by atoms with van der Waals surface area (Å²) < 4.78 is 0. The summed E-state index contributed by atoms with van der Waals surface area (Å²) in [5.41, 5.74) is 6.24. The van der Waals surface area contributed by atoms with Crippen LogP contribution in [0.3, 0.4) is 0 Å². The van der Waals surface area contributed by atoms with Crippen molar-refractivity contribution in [2.75, 3.05) is 13.1 Å². The molecule has 1 amide bonds. The molecule has 6 heteroatoms. The minimum absolute atomic E-state index is 0. The number of hydrogen-bond acceptors (Lipinski definition) is 2. The van der Waals surface area contributed by atoms with E-state index in [4.69, 9.17) is 28.9 Å². The second-order valence-corrected chi connectivity index (χ2v) is 4.77. The molecule has 2 rings (SSSR count). The van der Waals surface area contributed by atoms with Crippen LogP contribution in [0.5, 0.6) is 0 Å². The van der Waals surface area contributed by atoms with Gasteiger partial charge in [0.05, 0.1) is 10.6 Å². The van der Waals surface area contributed by atoms with Crippen LogP contribution >= 0.6 is 35.6 Å². The van der Waals surface area contributed by atoms with Crippen molar-refractivity contribution in [3.8, 4) is 0 Å². The molecule has 0 spiro atoms. The predicted octanol–water partition coefficient (Wildman–Crippen LogP) is 2.59. The maximum atomic E-state index is 12.1. The van der Waals surface area contributed by atoms with Gasteiger partial charge in [0.1, 0.15) is 0 Å². The van der Waals surface area contributed by atoms with Gasteiger partial charge < -0.3 is 10.6 Å². The number of hydrogen-bond donors (Lipinski definition) is 1. The summed E-state index contributed by atoms with van der Waals surface area (Å²) in [6, 6.07) is 4.97. The van der Waals surface area contributed by atoms with E-state index in [9.17, 15) is 4.79 Å². The molecule has 0 aromatic heterocycles. The van der Waals surface area contributed by atoms with Gasteiger partial charge in [-0.3, -0.25) is 4.79 Å². The predicted molar refractivity (Wildman–Crippen MR) is 72.2 cm³/mol. The molecule has 1 saturated heterocycles. The first-order valence-electron chi connectivity index (χ1n) is 5.08. The molecule has 0 saturated carbocycles. The number of benzene rings is 1. The summed E-state index contributed by atoms with van der Waals surface area (Å²) >= 11 is 11.8. The average molecular weight is 296 g/mol. The van der Waals surface area contributed by atoms with Gasteiger partial charge in [0.25, 0.3) is 5.91 Å². The first-order chi connectivity index (χ1) is 7.58. The molecule has 1 fully saturated rings. The van der Waals surface area contributed by atoms with Crippen molar-refractivity contribution >= 4 is 41.5 Å². The summed E-state index contributed by atoms with van der Waals surface area (Å²) in [5.74, 6) is -0.0744. The van der Waals surface area contributed by atoms with E-state index in [1.54, 1.807) is 23.1 Å². The zero-order valence-corrected chi connectivity index (χ0v) is 11.4. The molecule has 1 aliphatic heterocycles. The lowest BCUT2D eigenvalue weighted by Crippen LogP contribution is -2.32. The van der Waals surface area contributed by atoms with Crippen LogP contribution in [-0.2, 0) is 0 Å². The normalized spacial score (nSPS) is 19.0. The van der Waals surface area contributed by atoms with E-state index in [2.05, 4.69) is 0 Å². The topological polar surface area (TPSA) is 46.3 Å². The highest BCUT2D eigenvalue weighted by atomic mass is 35.5. The van der Waals surface area contributed by atoms with Gasteiger partial charge in [0.2, 0.25) is 0 Å². The highest BCUT2D eigenvalue weighted by molar-refractivity contribution is 6.36. The first-order valence-corrected chi connectivity index (χ1v) is 5.83. The van der Waals surface area contributed by atoms with Crippen LogP contribution in [0.25, 0.3) is 0 Å². The van der Waals surface area contributed by atoms with Gasteiger partial charge in [0.15, 0.2) is 0 Å². The van der Waals surface area contributed by atoms with Crippen molar-refractivity contribution in [1.82, 2.24) is 4.90 Å². The van der Waals surface area contributed by atoms with Crippen molar-refractivity contribution in [3.63, 3.8) is 0 Å². The van der Waals surface area contributed by atoms with Crippen LogP contribution < -0.4 is 5.73 Å². The van der Waals surface area contributed by atoms with Crippen LogP contribution in [0.15, 0.2) is 18.2 Å². The number of nitrogens with zero attached hydrogens (tertiary/aromatic N) is 1. The quantitative estimate of drug-likeness (QED) is 0.865. The third kappa shape index (κ3) is 3.26. The van der Waals surface area contributed by atoms with Crippen LogP contribution in [0.2, 0.25) is 10.0 Å². The Morgan fingerprint density at radius 3 is 2.65 bits per heavy atom. The van der Waals surface area contributed by atoms with Gasteiger partial charge in [-0.15, -0.1) is 12.4 Å². The molecule has 1 heterocycles. The van der Waals surface area contributed by atoms with Crippen LogP contribution in [-0.4, -0.2) is 29.9 Å². The summed E-state index contributed by atoms with van der Waals surface area (Å²) in [5, 5.41) is 0.914. The van der Waals surface area contributed by atoms with E-state index < -0.39 is 0 Å². The van der Waals surface area contributed by atoms with Gasteiger partial charge in [0, 0.05) is 24.2 Å². The van der Waals surface area contributed by atoms with Crippen molar-refractivity contribution < 1.29 is 4.79 Å². The number of halogens is 3. The third-order valence-electron chi connectivity index (χ3n) is 2.67. The Hall–Kier alpha value is -0.480. The lowest BCUT2D eigenvalue weighted by atomic mass is 10.2. The van der Waals surface area contributed by atoms with Gasteiger partial charge in [-0.1, -0.05) is 23.2 Å². The summed E-state index contributed by atoms with van der Waals surface area (Å²) in [6.07, 6.45) is 0.844. The molecule has 1 aliphatic rings. The van der Waals surface area contributed by atoms with Crippen molar-refractivity contribution in [1.29, 1.82) is 0 Å². The Kier molecular flexibility index (Phi) is 5.07. The van der Waals surface area contributed by atoms with Gasteiger partial charge >= 0.3 is 0 Å². The molecule has 1 aromatic rings. The fraction of sp³-hybridized carbons (Fsp3) is 0.364. The van der Waals surface area contributed by atoms with E-state index in [0.717, 1.165) is 6.42 Å². The Bertz CT molecular complexity index is 425. The Balaban J connectivity index is 0.00000144. The van der Waals surface area contributed by atoms with E-state index in [-0.39, 0.29) is 24.4 Å². The lowest BCUT2D eigenvalue weighted by Gasteiger charge is -2.16. The smallest absolute Gasteiger partial charge is 0.255 e. The van der Waals surface area contributed by atoms with Gasteiger partial charge in [-0.25, -0.2) is 0 Å². The largest absolute Gasteiger partial charge is 0.337 e. The Morgan fingerprint density at radius 1 is 1.41 bits per heavy atom. The highest BCUT2D eigenvalue weighted by Gasteiger charge is 2.25. The molecule has 3 nitrogen and oxygen atoms in total. The molecular weight excluding hydrogens is 282 g/mol. The van der Waals surface area contributed by atoms with Crippen LogP contribution in [0.1, 0.15) is 16.8 Å². The number of nitrogens with two attached hydrogens (primary N) is 1. The number of carbonyl (C=O) groups is 1. The zero-order valence-electron chi connectivity index (χ0n) is 9.03. The summed E-state index contributed by atoms with van der Waals surface area (Å²) in [7, 11) is 0. The highest BCUT2D eigenvalue weighted by Crippen LogP contribution is 2.23. The average Bonchev–Trinajstić information content (AvgIpc) is 2.64. The van der Waals surface area contributed by atoms with E-state index >= 15 is 0 Å². The van der Waals surface area contributed by atoms with Crippen molar-refractivity contribution in [3.05, 3.63) is 33.8 Å². The minimum Gasteiger partial charge on any atom is -0.337 e. The zero-order chi connectivity index (χ0) is 11.7. The molecule has 0 unspecified atom stereocenters. The standard InChI is InChI=1S/C11H12Cl2N2O.ClH/c12-7-1-2-9(10(13)5-7)11(16)15-4-3-8(14)6-15;/h1-2,5,8H,3-4,6,14H2;1H/t8-;/m1./s1. The third-order valence-corrected chi connectivity index (χ3v) is 3.22. The lowest BCUT2D eigenvalue weighted by molar-refractivity contribution is 0.0791. The van der Waals surface area contributed by atoms with Crippen LogP contribution in [0, 0.1) is 0 Å². The SMILES string of the molecule is Cl.N[C@@H]1CCN(C(=O)c2ccc(Cl)cc2Cl)C1. The monoisotopic (exact) mass is 294 g/mol. The molecule has 1 atom stereocenters. The van der Waals surface area contributed by atoms with E-state index in [0.29, 0.717) is 28.7 Å². The van der Waals surface area contributed by atoms with Gasteiger partial charge in [-0.2, -0.15) is 0 Å². The number of rotatable bonds is 1. The maximum absolute atomic E-state index is 12.1. The molecule has 2 N–H and O–H groups in total. The molecule has 17 heavy (non-hydrogen) atoms. The summed E-state index contributed by atoms with van der Waals surface area (Å²) in [6.45, 7) is 1.29. The molecule has 0 radical (unpaired) electrons. The van der Waals surface area contributed by atoms with Crippen molar-refractivity contribution in [2.45, 2.75) is 12.5 Å². The van der Waals surface area contributed by atoms with E-state index in [1.807, 2.05) is 0 Å². The molecule has 0 bridgehead atoms. The number of likely N-dealkylation sites (tertiary alicyclic amines) is 1. The summed E-state index contributed by atoms with van der Waals surface area (Å²) in [4.78, 5) is 13.8. The fourth-order valence-electron chi connectivity index (χ4n) is 1.81. The molecule has 1 aromatic carbocycles. The first kappa shape index (κ1) is 14.6. The van der Waals surface area contributed by atoms with E-state index in [1.165, 1.54) is 0 Å². The second kappa shape index (κ2) is 5.91. The molecule has 94 valence electrons. The Labute approximate surface area is 116 Å². The fourth-order valence-corrected chi connectivity index (χ4v) is 2.29. The molecule has 0 aliphatic carbocycles. The minimum atomic E-state index is -0.0744. The maximum Gasteiger partial charge on any atom is 0.255 e. The number of carbonyl (C=O) groups excluding carboxylic acids is 1. The Morgan fingerprint density at radius 2 is 2.12 bits per heavy atom. The van der Waals surface area contributed by atoms with Gasteiger partial charge in [-0.05, 0) is 24.6 Å². The van der Waals surface area contributed by atoms with Crippen LogP contribution in [0.4, 0.5) is 0 Å². The number of amides is 1.